The summed E-state index contributed by atoms with van der Waals surface area (Å²) in [6, 6.07) is 20.9. The molecule has 1 aliphatic carbocycles. The number of carbonyl (C=O) groups is 3. The maximum absolute atomic E-state index is 14.1. The van der Waals surface area contributed by atoms with Crippen LogP contribution in [0.25, 0.3) is 16.7 Å². The summed E-state index contributed by atoms with van der Waals surface area (Å²) < 4.78 is 29.2. The molecule has 0 bridgehead atoms. The number of aromatic nitrogens is 1. The number of anilines is 2. The molecule has 4 aromatic rings. The molecule has 0 unspecified atom stereocenters. The number of benzene rings is 3. The predicted octanol–water partition coefficient (Wildman–Crippen LogP) is 3.26. The maximum Gasteiger partial charge on any atom is 0.268 e. The van der Waals surface area contributed by atoms with Gasteiger partial charge in [-0.05, 0) is 47.5 Å². The molecule has 9 nitrogen and oxygen atoms in total. The minimum Gasteiger partial charge on any atom is -0.399 e. The number of rotatable bonds is 6. The van der Waals surface area contributed by atoms with Crippen LogP contribution in [0.1, 0.15) is 28.5 Å². The minimum atomic E-state index is -4.28. The Hall–Kier alpha value is -4.96. The second kappa shape index (κ2) is 9.73. The van der Waals surface area contributed by atoms with E-state index >= 15 is 0 Å². The van der Waals surface area contributed by atoms with Gasteiger partial charge >= 0.3 is 0 Å². The van der Waals surface area contributed by atoms with Crippen LogP contribution in [-0.2, 0) is 19.6 Å². The lowest BCUT2D eigenvalue weighted by Crippen LogP contribution is -2.33. The highest BCUT2D eigenvalue weighted by molar-refractivity contribution is 7.90. The van der Waals surface area contributed by atoms with Crippen molar-refractivity contribution in [1.82, 2.24) is 9.29 Å². The van der Waals surface area contributed by atoms with Crippen LogP contribution in [0, 0.1) is 0 Å². The zero-order chi connectivity index (χ0) is 27.9. The van der Waals surface area contributed by atoms with E-state index in [1.54, 1.807) is 54.6 Å². The number of hydrogen-bond acceptors (Lipinski definition) is 7. The molecule has 0 fully saturated rings. The summed E-state index contributed by atoms with van der Waals surface area (Å²) >= 11 is 0. The summed E-state index contributed by atoms with van der Waals surface area (Å²) in [6.45, 7) is 1.03. The van der Waals surface area contributed by atoms with Gasteiger partial charge in [0.1, 0.15) is 0 Å². The second-order valence-electron chi connectivity index (χ2n) is 9.05. The topological polar surface area (TPSA) is 154 Å². The first-order chi connectivity index (χ1) is 18.6. The Morgan fingerprint density at radius 1 is 0.821 bits per heavy atom. The van der Waals surface area contributed by atoms with Gasteiger partial charge in [-0.1, -0.05) is 42.5 Å². The van der Waals surface area contributed by atoms with Crippen LogP contribution in [0.5, 0.6) is 0 Å². The summed E-state index contributed by atoms with van der Waals surface area (Å²) in [5, 5.41) is 2.58. The van der Waals surface area contributed by atoms with E-state index in [0.29, 0.717) is 22.5 Å². The third-order valence-corrected chi connectivity index (χ3v) is 8.13. The van der Waals surface area contributed by atoms with Crippen LogP contribution < -0.4 is 16.8 Å². The van der Waals surface area contributed by atoms with Crippen molar-refractivity contribution in [2.45, 2.75) is 11.8 Å². The highest BCUT2D eigenvalue weighted by Crippen LogP contribution is 2.42. The molecule has 0 aliphatic heterocycles. The number of nitrogen functional groups attached to an aromatic ring is 2. The van der Waals surface area contributed by atoms with Crippen LogP contribution in [0.2, 0.25) is 0 Å². The number of Topliss-reactive ketones (excluding diaryl/α,β-unsaturated/α-hetero) is 2. The number of nitrogens with zero attached hydrogens (tertiary/aromatic N) is 1. The van der Waals surface area contributed by atoms with Crippen LogP contribution in [0.3, 0.4) is 0 Å². The number of nitrogens with two attached hydrogens (primary N) is 2. The summed E-state index contributed by atoms with van der Waals surface area (Å²) in [5.41, 5.74) is 14.0. The van der Waals surface area contributed by atoms with E-state index in [1.807, 2.05) is 0 Å². The van der Waals surface area contributed by atoms with E-state index in [-0.39, 0.29) is 39.4 Å². The van der Waals surface area contributed by atoms with E-state index < -0.39 is 27.5 Å². The Kier molecular flexibility index (Phi) is 6.41. The number of nitrogens with one attached hydrogen (secondary N) is 1. The van der Waals surface area contributed by atoms with E-state index in [0.717, 1.165) is 3.97 Å². The molecule has 0 atom stereocenters. The first-order valence-corrected chi connectivity index (χ1v) is 13.4. The van der Waals surface area contributed by atoms with Crippen molar-refractivity contribution in [1.29, 1.82) is 0 Å². The molecule has 196 valence electrons. The Morgan fingerprint density at radius 2 is 1.41 bits per heavy atom. The zero-order valence-corrected chi connectivity index (χ0v) is 21.7. The van der Waals surface area contributed by atoms with E-state index in [4.69, 9.17) is 11.5 Å². The standard InChI is InChI=1S/C29H24N4O5S/c1-17(34)32-15-23-25(19-5-3-2-4-6-19)27-26(29(36)28(23)35)24(18-7-9-20(30)10-8-18)16-33(27)39(37,38)22-13-11-21(31)12-14-22/h2-14,16H,15,30-31H2,1H3,(H,32,34). The lowest BCUT2D eigenvalue weighted by atomic mass is 9.82. The van der Waals surface area contributed by atoms with Gasteiger partial charge in [-0.3, -0.25) is 14.4 Å². The average molecular weight is 541 g/mol. The van der Waals surface area contributed by atoms with Gasteiger partial charge in [0, 0.05) is 47.7 Å². The quantitative estimate of drug-likeness (QED) is 0.250. The lowest BCUT2D eigenvalue weighted by Gasteiger charge is -2.23. The molecule has 0 radical (unpaired) electrons. The first kappa shape index (κ1) is 25.7. The monoisotopic (exact) mass is 540 g/mol. The van der Waals surface area contributed by atoms with Crippen molar-refractivity contribution in [3.05, 3.63) is 107 Å². The molecule has 0 saturated carbocycles. The molecule has 1 heterocycles. The molecule has 1 aliphatic rings. The molecule has 10 heteroatoms. The molecule has 1 amide bonds. The fraction of sp³-hybridized carbons (Fsp3) is 0.0690. The Balaban J connectivity index is 1.90. The maximum atomic E-state index is 14.1. The smallest absolute Gasteiger partial charge is 0.268 e. The van der Waals surface area contributed by atoms with Gasteiger partial charge < -0.3 is 16.8 Å². The lowest BCUT2D eigenvalue weighted by molar-refractivity contribution is -0.118. The summed E-state index contributed by atoms with van der Waals surface area (Å²) in [4.78, 5) is 38.9. The Labute approximate surface area is 224 Å². The summed E-state index contributed by atoms with van der Waals surface area (Å²) in [6.07, 6.45) is 1.34. The van der Waals surface area contributed by atoms with Crippen molar-refractivity contribution in [3.63, 3.8) is 0 Å². The first-order valence-electron chi connectivity index (χ1n) is 11.9. The van der Waals surface area contributed by atoms with Gasteiger partial charge in [0.2, 0.25) is 17.5 Å². The number of hydrogen-bond donors (Lipinski definition) is 3. The van der Waals surface area contributed by atoms with Gasteiger partial charge in [-0.15, -0.1) is 0 Å². The minimum absolute atomic E-state index is 0.00962. The number of fused-ring (bicyclic) bond motifs is 1. The number of ketones is 2. The van der Waals surface area contributed by atoms with Crippen LogP contribution in [0.4, 0.5) is 11.4 Å². The fourth-order valence-electron chi connectivity index (χ4n) is 4.58. The molecule has 0 saturated heterocycles. The zero-order valence-electron chi connectivity index (χ0n) is 20.8. The second-order valence-corrected chi connectivity index (χ2v) is 10.9. The van der Waals surface area contributed by atoms with Crippen LogP contribution in [-0.4, -0.2) is 36.4 Å². The van der Waals surface area contributed by atoms with Gasteiger partial charge in [0.15, 0.2) is 0 Å². The average Bonchev–Trinajstić information content (AvgIpc) is 3.32. The fourth-order valence-corrected chi connectivity index (χ4v) is 5.95. The molecular weight excluding hydrogens is 516 g/mol. The van der Waals surface area contributed by atoms with Crippen molar-refractivity contribution in [3.8, 4) is 11.1 Å². The molecule has 5 N–H and O–H groups in total. The van der Waals surface area contributed by atoms with Crippen molar-refractivity contribution >= 4 is 44.4 Å². The molecule has 0 spiro atoms. The van der Waals surface area contributed by atoms with Crippen molar-refractivity contribution < 1.29 is 22.8 Å². The largest absolute Gasteiger partial charge is 0.399 e. The van der Waals surface area contributed by atoms with Crippen molar-refractivity contribution in [2.24, 2.45) is 0 Å². The van der Waals surface area contributed by atoms with Gasteiger partial charge in [0.05, 0.1) is 16.2 Å². The van der Waals surface area contributed by atoms with Gasteiger partial charge in [-0.25, -0.2) is 12.4 Å². The van der Waals surface area contributed by atoms with Gasteiger partial charge in [0.25, 0.3) is 10.0 Å². The normalized spacial score (nSPS) is 13.4. The molecular formula is C29H24N4O5S. The van der Waals surface area contributed by atoms with E-state index in [2.05, 4.69) is 5.32 Å². The Bertz CT molecular complexity index is 1770. The SMILES string of the molecule is CC(=O)NCC1=C(c2ccccc2)c2c(c(-c3ccc(N)cc3)cn2S(=O)(=O)c2ccc(N)cc2)C(=O)C1=O. The molecule has 3 aromatic carbocycles. The van der Waals surface area contributed by atoms with Crippen LogP contribution in [0.15, 0.2) is 95.5 Å². The van der Waals surface area contributed by atoms with E-state index in [1.165, 1.54) is 37.4 Å². The van der Waals surface area contributed by atoms with Crippen molar-refractivity contribution in [2.75, 3.05) is 18.0 Å². The van der Waals surface area contributed by atoms with Crippen LogP contribution >= 0.6 is 0 Å². The van der Waals surface area contributed by atoms with E-state index in [9.17, 15) is 22.8 Å². The predicted molar refractivity (Wildman–Crippen MR) is 148 cm³/mol. The molecule has 1 aromatic heterocycles. The third-order valence-electron chi connectivity index (χ3n) is 6.45. The third kappa shape index (κ3) is 4.51. The summed E-state index contributed by atoms with van der Waals surface area (Å²) in [5.74, 6) is -2.11. The number of amides is 1. The number of carbonyl (C=O) groups excluding carboxylic acids is 3. The summed E-state index contributed by atoms with van der Waals surface area (Å²) in [7, 11) is -4.28. The van der Waals surface area contributed by atoms with Gasteiger partial charge in [-0.2, -0.15) is 0 Å². The highest BCUT2D eigenvalue weighted by atomic mass is 32.2. The molecule has 5 rings (SSSR count). The highest BCUT2D eigenvalue weighted by Gasteiger charge is 2.40. The Morgan fingerprint density at radius 3 is 2.00 bits per heavy atom. The molecule has 39 heavy (non-hydrogen) atoms.